The molecule has 3 heterocycles. The molecule has 2 aliphatic rings. The summed E-state index contributed by atoms with van der Waals surface area (Å²) < 4.78 is 37.8. The lowest BCUT2D eigenvalue weighted by molar-refractivity contribution is -0.123. The van der Waals surface area contributed by atoms with Gasteiger partial charge in [0.05, 0.1) is 10.9 Å². The number of halogens is 2. The molecule has 11 heteroatoms. The summed E-state index contributed by atoms with van der Waals surface area (Å²) in [6.07, 6.45) is 1.96. The first-order valence-electron chi connectivity index (χ1n) is 11.0. The summed E-state index contributed by atoms with van der Waals surface area (Å²) in [4.78, 5) is 20.4. The van der Waals surface area contributed by atoms with Crippen LogP contribution in [0.5, 0.6) is 0 Å². The number of benzene rings is 2. The lowest BCUT2D eigenvalue weighted by Crippen LogP contribution is -2.55. The third-order valence-electron chi connectivity index (χ3n) is 6.54. The molecule has 2 aliphatic heterocycles. The van der Waals surface area contributed by atoms with E-state index in [-0.39, 0.29) is 17.9 Å². The molecule has 1 saturated heterocycles. The maximum absolute atomic E-state index is 14.3. The minimum atomic E-state index is -4.25. The molecule has 0 radical (unpaired) electrons. The molecular formula is C24H23ClFN5O3S. The fraction of sp³-hybridized carbons (Fsp3) is 0.250. The van der Waals surface area contributed by atoms with Crippen molar-refractivity contribution in [1.82, 2.24) is 4.98 Å². The first kappa shape index (κ1) is 23.5. The number of anilines is 3. The van der Waals surface area contributed by atoms with E-state index in [9.17, 15) is 17.6 Å². The second-order valence-corrected chi connectivity index (χ2v) is 10.9. The second kappa shape index (κ2) is 8.47. The van der Waals surface area contributed by atoms with Crippen molar-refractivity contribution in [1.29, 1.82) is 0 Å². The van der Waals surface area contributed by atoms with Crippen LogP contribution in [0.1, 0.15) is 12.5 Å². The minimum Gasteiger partial charge on any atom is -0.384 e. The molecule has 0 spiro atoms. The number of pyridine rings is 1. The number of carbonyl (C=O) groups excluding carboxylic acids is 1. The zero-order chi connectivity index (χ0) is 25.1. The van der Waals surface area contributed by atoms with Crippen molar-refractivity contribution in [3.8, 4) is 11.1 Å². The van der Waals surface area contributed by atoms with Crippen molar-refractivity contribution in [3.63, 3.8) is 0 Å². The Hall–Kier alpha value is -3.21. The number of nitrogen functional groups attached to an aromatic ring is 1. The SMILES string of the molecule is C[C@H]1Cc2cc(F)c(S(N)(=O)=O)cc2N1C(=O)C1CN(c2ccc(-c3cc(N)ncc3Cl)cc2)C1. The van der Waals surface area contributed by atoms with Gasteiger partial charge in [0.25, 0.3) is 0 Å². The molecule has 0 unspecified atom stereocenters. The van der Waals surface area contributed by atoms with Gasteiger partial charge < -0.3 is 15.5 Å². The maximum Gasteiger partial charge on any atom is 0.241 e. The number of nitrogens with zero attached hydrogens (tertiary/aromatic N) is 3. The van der Waals surface area contributed by atoms with Crippen LogP contribution in [0, 0.1) is 11.7 Å². The standard InChI is InChI=1S/C24H23ClFN5O3S/c1-13-6-15-7-20(26)22(35(28,33)34)9-21(15)31(13)24(32)16-11-30(12-16)17-4-2-14(3-5-17)18-8-23(27)29-10-19(18)25/h2-5,7-10,13,16H,6,11-12H2,1H3,(H2,27,29)(H2,28,33,34)/t13-/m0/s1. The summed E-state index contributed by atoms with van der Waals surface area (Å²) in [6.45, 7) is 2.89. The number of hydrogen-bond donors (Lipinski definition) is 2. The Labute approximate surface area is 207 Å². The summed E-state index contributed by atoms with van der Waals surface area (Å²) in [7, 11) is -4.25. The van der Waals surface area contributed by atoms with Gasteiger partial charge in [0, 0.05) is 42.3 Å². The molecule has 1 amide bonds. The predicted octanol–water partition coefficient (Wildman–Crippen LogP) is 3.18. The Morgan fingerprint density at radius 1 is 1.17 bits per heavy atom. The van der Waals surface area contributed by atoms with Crippen LogP contribution in [0.4, 0.5) is 21.6 Å². The van der Waals surface area contributed by atoms with Crippen LogP contribution >= 0.6 is 11.6 Å². The van der Waals surface area contributed by atoms with Crippen LogP contribution in [0.15, 0.2) is 53.6 Å². The highest BCUT2D eigenvalue weighted by Gasteiger charge is 2.41. The van der Waals surface area contributed by atoms with E-state index in [1.54, 1.807) is 11.0 Å². The molecule has 8 nitrogen and oxygen atoms in total. The number of carbonyl (C=O) groups is 1. The van der Waals surface area contributed by atoms with Gasteiger partial charge in [0.15, 0.2) is 0 Å². The van der Waals surface area contributed by atoms with E-state index in [0.29, 0.717) is 41.6 Å². The Bertz CT molecular complexity index is 1440. The maximum atomic E-state index is 14.3. The van der Waals surface area contributed by atoms with Gasteiger partial charge in [-0.2, -0.15) is 0 Å². The molecule has 1 aromatic heterocycles. The van der Waals surface area contributed by atoms with Crippen molar-refractivity contribution in [2.24, 2.45) is 11.1 Å². The number of fused-ring (bicyclic) bond motifs is 1. The van der Waals surface area contributed by atoms with Gasteiger partial charge in [-0.15, -0.1) is 0 Å². The molecule has 3 aromatic rings. The molecule has 35 heavy (non-hydrogen) atoms. The molecule has 0 saturated carbocycles. The van der Waals surface area contributed by atoms with Gasteiger partial charge in [-0.3, -0.25) is 4.79 Å². The average Bonchev–Trinajstić information content (AvgIpc) is 3.08. The Kier molecular flexibility index (Phi) is 5.70. The van der Waals surface area contributed by atoms with Gasteiger partial charge in [-0.1, -0.05) is 23.7 Å². The summed E-state index contributed by atoms with van der Waals surface area (Å²) in [6, 6.07) is 11.6. The van der Waals surface area contributed by atoms with Crippen molar-refractivity contribution < 1.29 is 17.6 Å². The fourth-order valence-corrected chi connectivity index (χ4v) is 5.56. The van der Waals surface area contributed by atoms with Crippen LogP contribution < -0.4 is 20.7 Å². The predicted molar refractivity (Wildman–Crippen MR) is 133 cm³/mol. The number of amides is 1. The van der Waals surface area contributed by atoms with Crippen molar-refractivity contribution in [3.05, 3.63) is 65.1 Å². The summed E-state index contributed by atoms with van der Waals surface area (Å²) in [5, 5.41) is 5.66. The highest BCUT2D eigenvalue weighted by Crippen LogP contribution is 2.38. The van der Waals surface area contributed by atoms with Crippen molar-refractivity contribution >= 4 is 44.7 Å². The Balaban J connectivity index is 1.31. The largest absolute Gasteiger partial charge is 0.384 e. The first-order valence-corrected chi connectivity index (χ1v) is 12.9. The number of nitrogens with two attached hydrogens (primary N) is 2. The lowest BCUT2D eigenvalue weighted by Gasteiger charge is -2.42. The van der Waals surface area contributed by atoms with Gasteiger partial charge in [-0.05, 0) is 54.8 Å². The Morgan fingerprint density at radius 2 is 1.86 bits per heavy atom. The van der Waals surface area contributed by atoms with Gasteiger partial charge in [0.2, 0.25) is 15.9 Å². The Morgan fingerprint density at radius 3 is 2.51 bits per heavy atom. The summed E-state index contributed by atoms with van der Waals surface area (Å²) in [5.74, 6) is -0.897. The zero-order valence-corrected chi connectivity index (χ0v) is 20.4. The monoisotopic (exact) mass is 515 g/mol. The first-order chi connectivity index (χ1) is 16.5. The molecule has 1 atom stereocenters. The van der Waals surface area contributed by atoms with Crippen LogP contribution in [-0.2, 0) is 21.2 Å². The minimum absolute atomic E-state index is 0.116. The third-order valence-corrected chi connectivity index (χ3v) is 7.77. The van der Waals surface area contributed by atoms with Crippen LogP contribution in [0.3, 0.4) is 0 Å². The third kappa shape index (κ3) is 4.22. The smallest absolute Gasteiger partial charge is 0.241 e. The van der Waals surface area contributed by atoms with Gasteiger partial charge in [0.1, 0.15) is 16.5 Å². The molecular weight excluding hydrogens is 493 g/mol. The summed E-state index contributed by atoms with van der Waals surface area (Å²) >= 11 is 6.25. The number of hydrogen-bond acceptors (Lipinski definition) is 6. The zero-order valence-electron chi connectivity index (χ0n) is 18.8. The van der Waals surface area contributed by atoms with E-state index in [4.69, 9.17) is 22.5 Å². The van der Waals surface area contributed by atoms with E-state index < -0.39 is 20.7 Å². The normalized spacial score (nSPS) is 17.9. The van der Waals surface area contributed by atoms with E-state index >= 15 is 0 Å². The topological polar surface area (TPSA) is 123 Å². The van der Waals surface area contributed by atoms with Gasteiger partial charge in [-0.25, -0.2) is 22.9 Å². The summed E-state index contributed by atoms with van der Waals surface area (Å²) in [5.41, 5.74) is 9.44. The average molecular weight is 516 g/mol. The highest BCUT2D eigenvalue weighted by atomic mass is 35.5. The number of primary sulfonamides is 1. The van der Waals surface area contributed by atoms with E-state index in [1.807, 2.05) is 31.2 Å². The van der Waals surface area contributed by atoms with Crippen molar-refractivity contribution in [2.45, 2.75) is 24.3 Å². The quantitative estimate of drug-likeness (QED) is 0.550. The fourth-order valence-electron chi connectivity index (χ4n) is 4.74. The molecule has 5 rings (SSSR count). The number of rotatable bonds is 4. The molecule has 4 N–H and O–H groups in total. The van der Waals surface area contributed by atoms with E-state index in [0.717, 1.165) is 22.9 Å². The van der Waals surface area contributed by atoms with E-state index in [1.165, 1.54) is 12.3 Å². The molecule has 182 valence electrons. The van der Waals surface area contributed by atoms with Crippen molar-refractivity contribution in [2.75, 3.05) is 28.6 Å². The molecule has 2 aromatic carbocycles. The molecule has 0 bridgehead atoms. The number of aromatic nitrogens is 1. The molecule has 1 fully saturated rings. The molecule has 0 aliphatic carbocycles. The van der Waals surface area contributed by atoms with Crippen LogP contribution in [-0.4, -0.2) is 38.4 Å². The highest BCUT2D eigenvalue weighted by molar-refractivity contribution is 7.89. The van der Waals surface area contributed by atoms with Crippen LogP contribution in [0.2, 0.25) is 5.02 Å². The van der Waals surface area contributed by atoms with Crippen LogP contribution in [0.25, 0.3) is 11.1 Å². The number of sulfonamides is 1. The lowest BCUT2D eigenvalue weighted by atomic mass is 9.96. The van der Waals surface area contributed by atoms with Gasteiger partial charge >= 0.3 is 0 Å². The second-order valence-electron chi connectivity index (χ2n) is 8.96. The van der Waals surface area contributed by atoms with E-state index in [2.05, 4.69) is 9.88 Å².